The molecule has 5 heteroatoms. The van der Waals surface area contributed by atoms with Crippen LogP contribution in [0.1, 0.15) is 13.8 Å². The monoisotopic (exact) mass is 194 g/mol. The fourth-order valence-electron chi connectivity index (χ4n) is 0.367. The van der Waals surface area contributed by atoms with E-state index in [1.807, 2.05) is 0 Å². The SMILES string of the molecule is CC(=O)N[C@@H](C)C(=O)O.[Cu]. The van der Waals surface area contributed by atoms with Crippen LogP contribution in [-0.2, 0) is 26.7 Å². The summed E-state index contributed by atoms with van der Waals surface area (Å²) in [4.78, 5) is 20.2. The minimum absolute atomic E-state index is 0. The molecule has 0 rings (SSSR count). The van der Waals surface area contributed by atoms with E-state index in [9.17, 15) is 9.59 Å². The first-order valence-corrected chi connectivity index (χ1v) is 2.54. The summed E-state index contributed by atoms with van der Waals surface area (Å²) in [6.07, 6.45) is 0. The summed E-state index contributed by atoms with van der Waals surface area (Å²) >= 11 is 0. The van der Waals surface area contributed by atoms with Crippen LogP contribution < -0.4 is 5.32 Å². The van der Waals surface area contributed by atoms with Crippen molar-refractivity contribution in [2.45, 2.75) is 19.9 Å². The number of carboxylic acids is 1. The van der Waals surface area contributed by atoms with E-state index in [4.69, 9.17) is 5.11 Å². The van der Waals surface area contributed by atoms with Crippen molar-refractivity contribution in [2.75, 3.05) is 0 Å². The summed E-state index contributed by atoms with van der Waals surface area (Å²) in [5.74, 6) is -1.35. The zero-order valence-corrected chi connectivity index (χ0v) is 6.58. The molecule has 0 aromatic carbocycles. The van der Waals surface area contributed by atoms with Gasteiger partial charge in [-0.25, -0.2) is 0 Å². The molecule has 0 aromatic heterocycles. The fourth-order valence-corrected chi connectivity index (χ4v) is 0.367. The van der Waals surface area contributed by atoms with E-state index < -0.39 is 12.0 Å². The van der Waals surface area contributed by atoms with Crippen LogP contribution in [-0.4, -0.2) is 23.0 Å². The summed E-state index contributed by atoms with van der Waals surface area (Å²) in [6, 6.07) is -0.789. The van der Waals surface area contributed by atoms with E-state index in [-0.39, 0.29) is 23.0 Å². The Hall–Kier alpha value is -0.541. The number of hydrogen-bond donors (Lipinski definition) is 2. The molecule has 0 fully saturated rings. The summed E-state index contributed by atoms with van der Waals surface area (Å²) in [7, 11) is 0. The Kier molecular flexibility index (Phi) is 6.40. The van der Waals surface area contributed by atoms with Crippen molar-refractivity contribution in [3.05, 3.63) is 0 Å². The van der Waals surface area contributed by atoms with E-state index in [0.717, 1.165) is 0 Å². The number of aliphatic carboxylic acids is 1. The molecule has 0 saturated carbocycles. The third-order valence-electron chi connectivity index (χ3n) is 0.790. The van der Waals surface area contributed by atoms with E-state index in [0.29, 0.717) is 0 Å². The maximum atomic E-state index is 10.2. The maximum absolute atomic E-state index is 10.2. The van der Waals surface area contributed by atoms with Gasteiger partial charge >= 0.3 is 5.97 Å². The molecule has 0 unspecified atom stereocenters. The quantitative estimate of drug-likeness (QED) is 0.588. The van der Waals surface area contributed by atoms with Gasteiger partial charge in [0.05, 0.1) is 0 Å². The van der Waals surface area contributed by atoms with Gasteiger partial charge in [-0.05, 0) is 6.92 Å². The Morgan fingerprint density at radius 1 is 1.50 bits per heavy atom. The third-order valence-corrected chi connectivity index (χ3v) is 0.790. The second kappa shape index (κ2) is 5.26. The predicted molar refractivity (Wildman–Crippen MR) is 30.9 cm³/mol. The van der Waals surface area contributed by atoms with Gasteiger partial charge < -0.3 is 10.4 Å². The largest absolute Gasteiger partial charge is 0.480 e. The number of nitrogens with one attached hydrogen (secondary N) is 1. The van der Waals surface area contributed by atoms with Crippen molar-refractivity contribution in [3.8, 4) is 0 Å². The van der Waals surface area contributed by atoms with Crippen molar-refractivity contribution in [2.24, 2.45) is 0 Å². The minimum Gasteiger partial charge on any atom is -0.480 e. The second-order valence-corrected chi connectivity index (χ2v) is 1.76. The molecule has 1 radical (unpaired) electrons. The molecule has 0 aromatic rings. The molecule has 1 amide bonds. The molecule has 1 atom stereocenters. The molecule has 0 heterocycles. The van der Waals surface area contributed by atoms with Gasteiger partial charge in [-0.1, -0.05) is 0 Å². The van der Waals surface area contributed by atoms with Crippen LogP contribution in [0.3, 0.4) is 0 Å². The fraction of sp³-hybridized carbons (Fsp3) is 0.600. The minimum atomic E-state index is -1.02. The number of carbonyl (C=O) groups is 2. The number of carbonyl (C=O) groups excluding carboxylic acids is 1. The molecular weight excluding hydrogens is 186 g/mol. The zero-order chi connectivity index (χ0) is 7.44. The first-order chi connectivity index (χ1) is 4.04. The normalized spacial score (nSPS) is 11.0. The second-order valence-electron chi connectivity index (χ2n) is 1.76. The average Bonchev–Trinajstić information content (AvgIpc) is 1.63. The topological polar surface area (TPSA) is 66.4 Å². The van der Waals surface area contributed by atoms with Crippen molar-refractivity contribution >= 4 is 11.9 Å². The van der Waals surface area contributed by atoms with Crippen molar-refractivity contribution in [1.29, 1.82) is 0 Å². The molecule has 4 nitrogen and oxygen atoms in total. The standard InChI is InChI=1S/C5H9NO3.Cu/c1-3(5(8)9)6-4(2)7;/h3H,1-2H3,(H,6,7)(H,8,9);/t3-;/m0./s1. The van der Waals surface area contributed by atoms with Crippen molar-refractivity contribution in [1.82, 2.24) is 5.32 Å². The van der Waals surface area contributed by atoms with Gasteiger partial charge in [0, 0.05) is 24.0 Å². The molecule has 0 bridgehead atoms. The van der Waals surface area contributed by atoms with Crippen LogP contribution in [0.25, 0.3) is 0 Å². The van der Waals surface area contributed by atoms with Crippen LogP contribution in [0.2, 0.25) is 0 Å². The third kappa shape index (κ3) is 5.59. The first kappa shape index (κ1) is 12.2. The first-order valence-electron chi connectivity index (χ1n) is 2.54. The van der Waals surface area contributed by atoms with Crippen LogP contribution in [0.15, 0.2) is 0 Å². The van der Waals surface area contributed by atoms with Gasteiger partial charge in [0.1, 0.15) is 6.04 Å². The number of hydrogen-bond acceptors (Lipinski definition) is 2. The van der Waals surface area contributed by atoms with Gasteiger partial charge in [0.2, 0.25) is 5.91 Å². The van der Waals surface area contributed by atoms with E-state index >= 15 is 0 Å². The Balaban J connectivity index is 0. The average molecular weight is 195 g/mol. The number of amides is 1. The molecule has 0 saturated heterocycles. The van der Waals surface area contributed by atoms with E-state index in [1.54, 1.807) is 0 Å². The van der Waals surface area contributed by atoms with Gasteiger partial charge in [-0.15, -0.1) is 0 Å². The summed E-state index contributed by atoms with van der Waals surface area (Å²) in [5, 5.41) is 10.4. The van der Waals surface area contributed by atoms with Gasteiger partial charge in [-0.2, -0.15) is 0 Å². The number of rotatable bonds is 2. The molecule has 10 heavy (non-hydrogen) atoms. The Morgan fingerprint density at radius 3 is 2.00 bits per heavy atom. The van der Waals surface area contributed by atoms with Crippen LogP contribution in [0, 0.1) is 0 Å². The van der Waals surface area contributed by atoms with Gasteiger partial charge in [0.15, 0.2) is 0 Å². The van der Waals surface area contributed by atoms with Gasteiger partial charge in [0.25, 0.3) is 0 Å². The summed E-state index contributed by atoms with van der Waals surface area (Å²) < 4.78 is 0. The van der Waals surface area contributed by atoms with Gasteiger partial charge in [-0.3, -0.25) is 9.59 Å². The summed E-state index contributed by atoms with van der Waals surface area (Å²) in [5.41, 5.74) is 0. The molecule has 0 spiro atoms. The molecule has 2 N–H and O–H groups in total. The Morgan fingerprint density at radius 2 is 1.90 bits per heavy atom. The number of carboxylic acid groups (broad SMARTS) is 1. The Bertz CT molecular complexity index is 137. The molecular formula is C5H9CuNO3. The molecule has 0 aliphatic carbocycles. The van der Waals surface area contributed by atoms with Crippen LogP contribution >= 0.6 is 0 Å². The maximum Gasteiger partial charge on any atom is 0.325 e. The van der Waals surface area contributed by atoms with Crippen LogP contribution in [0.4, 0.5) is 0 Å². The van der Waals surface area contributed by atoms with Crippen molar-refractivity contribution in [3.63, 3.8) is 0 Å². The van der Waals surface area contributed by atoms with E-state index in [2.05, 4.69) is 5.32 Å². The molecule has 0 aliphatic heterocycles. The van der Waals surface area contributed by atoms with Crippen LogP contribution in [0.5, 0.6) is 0 Å². The Labute approximate surface area is 69.5 Å². The van der Waals surface area contributed by atoms with Crippen molar-refractivity contribution < 1.29 is 31.8 Å². The molecule has 0 aliphatic rings. The van der Waals surface area contributed by atoms with E-state index in [1.165, 1.54) is 13.8 Å². The predicted octanol–water partition coefficient (Wildman–Crippen LogP) is -0.407. The molecule has 63 valence electrons. The smallest absolute Gasteiger partial charge is 0.325 e. The summed E-state index contributed by atoms with van der Waals surface area (Å²) in [6.45, 7) is 2.68. The zero-order valence-electron chi connectivity index (χ0n) is 5.64.